The Morgan fingerprint density at radius 2 is 1.83 bits per heavy atom. The maximum absolute atomic E-state index is 12.6. The van der Waals surface area contributed by atoms with E-state index in [1.807, 2.05) is 32.6 Å². The minimum absolute atomic E-state index is 0.248. The van der Waals surface area contributed by atoms with Gasteiger partial charge in [-0.2, -0.15) is 0 Å². The van der Waals surface area contributed by atoms with E-state index in [-0.39, 0.29) is 11.3 Å². The molecule has 0 N–H and O–H groups in total. The number of anilines is 1. The lowest BCUT2D eigenvalue weighted by Gasteiger charge is -2.36. The second-order valence-corrected chi connectivity index (χ2v) is 8.23. The molecule has 3 heterocycles. The molecule has 0 spiro atoms. The van der Waals surface area contributed by atoms with Crippen molar-refractivity contribution in [1.82, 2.24) is 14.9 Å². The SMILES string of the molecule is Cc1nc(C2CCCN(C(=O)C(C)(C)C)C2)cc(N2CCCC2)n1. The van der Waals surface area contributed by atoms with E-state index in [0.717, 1.165) is 56.4 Å². The van der Waals surface area contributed by atoms with Gasteiger partial charge in [0.05, 0.1) is 5.69 Å². The van der Waals surface area contributed by atoms with Crippen molar-refractivity contribution in [2.75, 3.05) is 31.1 Å². The molecule has 0 saturated carbocycles. The molecule has 0 bridgehead atoms. The highest BCUT2D eigenvalue weighted by Gasteiger charge is 2.32. The Morgan fingerprint density at radius 1 is 1.12 bits per heavy atom. The van der Waals surface area contributed by atoms with Gasteiger partial charge in [0.25, 0.3) is 0 Å². The molecule has 132 valence electrons. The summed E-state index contributed by atoms with van der Waals surface area (Å²) >= 11 is 0. The molecular formula is C19H30N4O. The summed E-state index contributed by atoms with van der Waals surface area (Å²) in [6.45, 7) is 11.8. The largest absolute Gasteiger partial charge is 0.357 e. The van der Waals surface area contributed by atoms with Gasteiger partial charge in [0, 0.05) is 43.6 Å². The first kappa shape index (κ1) is 17.2. The predicted molar refractivity (Wildman–Crippen MR) is 96.2 cm³/mol. The average Bonchev–Trinajstić information content (AvgIpc) is 3.07. The second kappa shape index (κ2) is 6.69. The molecule has 3 rings (SSSR count). The maximum atomic E-state index is 12.6. The summed E-state index contributed by atoms with van der Waals surface area (Å²) in [4.78, 5) is 26.4. The van der Waals surface area contributed by atoms with Crippen molar-refractivity contribution in [2.45, 2.75) is 59.3 Å². The van der Waals surface area contributed by atoms with E-state index in [9.17, 15) is 4.79 Å². The molecule has 2 aliphatic heterocycles. The highest BCUT2D eigenvalue weighted by Crippen LogP contribution is 2.30. The van der Waals surface area contributed by atoms with Gasteiger partial charge in [-0.05, 0) is 32.6 Å². The maximum Gasteiger partial charge on any atom is 0.227 e. The highest BCUT2D eigenvalue weighted by molar-refractivity contribution is 5.81. The lowest BCUT2D eigenvalue weighted by molar-refractivity contribution is -0.140. The van der Waals surface area contributed by atoms with Crippen LogP contribution in [0.25, 0.3) is 0 Å². The van der Waals surface area contributed by atoms with Crippen LogP contribution in [0, 0.1) is 12.3 Å². The summed E-state index contributed by atoms with van der Waals surface area (Å²) in [6, 6.07) is 2.16. The van der Waals surface area contributed by atoms with Crippen LogP contribution in [0.4, 0.5) is 5.82 Å². The molecule has 1 aromatic heterocycles. The quantitative estimate of drug-likeness (QED) is 0.836. The fourth-order valence-corrected chi connectivity index (χ4v) is 3.77. The normalized spacial score (nSPS) is 22.1. The summed E-state index contributed by atoms with van der Waals surface area (Å²) in [5, 5.41) is 0. The number of carbonyl (C=O) groups is 1. The minimum atomic E-state index is -0.315. The molecule has 2 fully saturated rings. The summed E-state index contributed by atoms with van der Waals surface area (Å²) in [7, 11) is 0. The van der Waals surface area contributed by atoms with Gasteiger partial charge in [-0.25, -0.2) is 9.97 Å². The van der Waals surface area contributed by atoms with Crippen LogP contribution < -0.4 is 4.90 Å². The Kier molecular flexibility index (Phi) is 4.79. The highest BCUT2D eigenvalue weighted by atomic mass is 16.2. The topological polar surface area (TPSA) is 49.3 Å². The summed E-state index contributed by atoms with van der Waals surface area (Å²) in [5.41, 5.74) is 0.792. The molecular weight excluding hydrogens is 300 g/mol. The van der Waals surface area contributed by atoms with Gasteiger partial charge in [-0.3, -0.25) is 4.79 Å². The number of aryl methyl sites for hydroxylation is 1. The first-order valence-electron chi connectivity index (χ1n) is 9.24. The Hall–Kier alpha value is -1.65. The van der Waals surface area contributed by atoms with Crippen LogP contribution in [0.3, 0.4) is 0 Å². The smallest absolute Gasteiger partial charge is 0.227 e. The molecule has 1 amide bonds. The molecule has 2 saturated heterocycles. The Bertz CT molecular complexity index is 602. The van der Waals surface area contributed by atoms with E-state index in [1.54, 1.807) is 0 Å². The van der Waals surface area contributed by atoms with Crippen LogP contribution in [-0.4, -0.2) is 47.0 Å². The molecule has 1 unspecified atom stereocenters. The molecule has 5 heteroatoms. The number of piperidine rings is 1. The van der Waals surface area contributed by atoms with Gasteiger partial charge >= 0.3 is 0 Å². The van der Waals surface area contributed by atoms with Crippen molar-refractivity contribution in [1.29, 1.82) is 0 Å². The average molecular weight is 330 g/mol. The standard InChI is InChI=1S/C19H30N4O/c1-14-20-16(12-17(21-14)22-9-5-6-10-22)15-8-7-11-23(13-15)18(24)19(2,3)4/h12,15H,5-11,13H2,1-4H3. The zero-order valence-corrected chi connectivity index (χ0v) is 15.5. The van der Waals surface area contributed by atoms with Crippen LogP contribution in [0.1, 0.15) is 63.9 Å². The molecule has 0 aliphatic carbocycles. The number of rotatable bonds is 2. The molecule has 0 aromatic carbocycles. The summed E-state index contributed by atoms with van der Waals surface area (Å²) < 4.78 is 0. The zero-order chi connectivity index (χ0) is 17.3. The zero-order valence-electron chi connectivity index (χ0n) is 15.5. The van der Waals surface area contributed by atoms with Gasteiger partial charge in [-0.15, -0.1) is 0 Å². The number of hydrogen-bond acceptors (Lipinski definition) is 4. The van der Waals surface area contributed by atoms with Gasteiger partial charge < -0.3 is 9.80 Å². The van der Waals surface area contributed by atoms with Gasteiger partial charge in [0.15, 0.2) is 0 Å². The van der Waals surface area contributed by atoms with Gasteiger partial charge in [-0.1, -0.05) is 20.8 Å². The van der Waals surface area contributed by atoms with Crippen molar-refractivity contribution in [3.63, 3.8) is 0 Å². The Morgan fingerprint density at radius 3 is 2.50 bits per heavy atom. The second-order valence-electron chi connectivity index (χ2n) is 8.23. The fraction of sp³-hybridized carbons (Fsp3) is 0.737. The van der Waals surface area contributed by atoms with Crippen LogP contribution in [0.2, 0.25) is 0 Å². The number of likely N-dealkylation sites (tertiary alicyclic amines) is 1. The van der Waals surface area contributed by atoms with E-state index in [0.29, 0.717) is 5.92 Å². The fourth-order valence-electron chi connectivity index (χ4n) is 3.77. The third-order valence-electron chi connectivity index (χ3n) is 5.04. The van der Waals surface area contributed by atoms with Crippen LogP contribution in [-0.2, 0) is 4.79 Å². The van der Waals surface area contributed by atoms with Gasteiger partial charge in [0.2, 0.25) is 5.91 Å². The molecule has 1 aromatic rings. The third kappa shape index (κ3) is 3.70. The molecule has 0 radical (unpaired) electrons. The predicted octanol–water partition coefficient (Wildman–Crippen LogP) is 3.14. The van der Waals surface area contributed by atoms with Crippen LogP contribution in [0.15, 0.2) is 6.07 Å². The number of aromatic nitrogens is 2. The molecule has 2 aliphatic rings. The van der Waals surface area contributed by atoms with E-state index < -0.39 is 0 Å². The molecule has 24 heavy (non-hydrogen) atoms. The third-order valence-corrected chi connectivity index (χ3v) is 5.04. The number of carbonyl (C=O) groups excluding carboxylic acids is 1. The van der Waals surface area contributed by atoms with E-state index in [1.165, 1.54) is 12.8 Å². The molecule has 5 nitrogen and oxygen atoms in total. The summed E-state index contributed by atoms with van der Waals surface area (Å²) in [5.74, 6) is 2.48. The number of nitrogens with zero attached hydrogens (tertiary/aromatic N) is 4. The van der Waals surface area contributed by atoms with E-state index in [4.69, 9.17) is 4.98 Å². The minimum Gasteiger partial charge on any atom is -0.357 e. The van der Waals surface area contributed by atoms with E-state index in [2.05, 4.69) is 16.0 Å². The molecule has 1 atom stereocenters. The lowest BCUT2D eigenvalue weighted by Crippen LogP contribution is -2.44. The van der Waals surface area contributed by atoms with Crippen LogP contribution in [0.5, 0.6) is 0 Å². The monoisotopic (exact) mass is 330 g/mol. The van der Waals surface area contributed by atoms with Crippen molar-refractivity contribution in [2.24, 2.45) is 5.41 Å². The first-order chi connectivity index (χ1) is 11.3. The Labute approximate surface area is 145 Å². The van der Waals surface area contributed by atoms with Crippen molar-refractivity contribution in [3.8, 4) is 0 Å². The van der Waals surface area contributed by atoms with Crippen molar-refractivity contribution < 1.29 is 4.79 Å². The Balaban J connectivity index is 1.79. The van der Waals surface area contributed by atoms with Crippen molar-refractivity contribution in [3.05, 3.63) is 17.6 Å². The van der Waals surface area contributed by atoms with Crippen molar-refractivity contribution >= 4 is 11.7 Å². The first-order valence-corrected chi connectivity index (χ1v) is 9.24. The van der Waals surface area contributed by atoms with E-state index >= 15 is 0 Å². The lowest BCUT2D eigenvalue weighted by atomic mass is 9.90. The number of amides is 1. The van der Waals surface area contributed by atoms with Crippen LogP contribution >= 0.6 is 0 Å². The summed E-state index contributed by atoms with van der Waals surface area (Å²) in [6.07, 6.45) is 4.64. The number of hydrogen-bond donors (Lipinski definition) is 0. The van der Waals surface area contributed by atoms with Gasteiger partial charge in [0.1, 0.15) is 11.6 Å².